The van der Waals surface area contributed by atoms with Crippen molar-refractivity contribution in [3.8, 4) is 5.75 Å². The lowest BCUT2D eigenvalue weighted by Crippen LogP contribution is -2.37. The average Bonchev–Trinajstić information content (AvgIpc) is 2.25. The van der Waals surface area contributed by atoms with Crippen molar-refractivity contribution < 1.29 is 14.3 Å². The van der Waals surface area contributed by atoms with Gasteiger partial charge in [-0.3, -0.25) is 5.32 Å². The molecule has 4 nitrogen and oxygen atoms in total. The molecule has 0 saturated carbocycles. The van der Waals surface area contributed by atoms with Crippen LogP contribution in [0.25, 0.3) is 0 Å². The van der Waals surface area contributed by atoms with Crippen molar-refractivity contribution in [2.45, 2.75) is 19.6 Å². The molecule has 0 unspecified atom stereocenters. The lowest BCUT2D eigenvalue weighted by atomic mass is 10.1. The van der Waals surface area contributed by atoms with Crippen LogP contribution >= 0.6 is 0 Å². The fourth-order valence-electron chi connectivity index (χ4n) is 1.47. The Morgan fingerprint density at radius 1 is 1.47 bits per heavy atom. The standard InChI is InChI=1S/C11H13NO3/c1-2-7-14-10-8-5-3-4-6-9(8)15-11(13)12-10/h3-6,10H,2,7H2,1H3,(H,12,13)/t10-/m1/s1. The highest BCUT2D eigenvalue weighted by atomic mass is 16.6. The molecule has 0 aromatic heterocycles. The number of nitrogens with one attached hydrogen (secondary N) is 1. The number of benzene rings is 1. The molecular formula is C11H13NO3. The highest BCUT2D eigenvalue weighted by Crippen LogP contribution is 2.29. The number of hydrogen-bond donors (Lipinski definition) is 1. The van der Waals surface area contributed by atoms with Crippen molar-refractivity contribution in [2.75, 3.05) is 6.61 Å². The van der Waals surface area contributed by atoms with Crippen molar-refractivity contribution in [1.29, 1.82) is 0 Å². The maximum Gasteiger partial charge on any atom is 0.414 e. The lowest BCUT2D eigenvalue weighted by molar-refractivity contribution is 0.0227. The fourth-order valence-corrected chi connectivity index (χ4v) is 1.47. The predicted molar refractivity (Wildman–Crippen MR) is 54.6 cm³/mol. The second-order valence-electron chi connectivity index (χ2n) is 3.32. The quantitative estimate of drug-likeness (QED) is 0.826. The van der Waals surface area contributed by atoms with Gasteiger partial charge in [0.15, 0.2) is 6.23 Å². The molecule has 80 valence electrons. The third-order valence-electron chi connectivity index (χ3n) is 2.14. The number of carbonyl (C=O) groups excluding carboxylic acids is 1. The van der Waals surface area contributed by atoms with Crippen LogP contribution in [0.4, 0.5) is 4.79 Å². The van der Waals surface area contributed by atoms with Crippen LogP contribution in [-0.4, -0.2) is 12.7 Å². The third-order valence-corrected chi connectivity index (χ3v) is 2.14. The molecule has 0 saturated heterocycles. The molecule has 0 spiro atoms. The Morgan fingerprint density at radius 3 is 3.07 bits per heavy atom. The van der Waals surface area contributed by atoms with E-state index in [1.54, 1.807) is 6.07 Å². The van der Waals surface area contributed by atoms with Crippen LogP contribution in [0, 0.1) is 0 Å². The first-order valence-electron chi connectivity index (χ1n) is 5.00. The van der Waals surface area contributed by atoms with Gasteiger partial charge in [0.1, 0.15) is 5.75 Å². The first-order chi connectivity index (χ1) is 7.31. The Kier molecular flexibility index (Phi) is 2.87. The van der Waals surface area contributed by atoms with Crippen molar-refractivity contribution >= 4 is 6.09 Å². The van der Waals surface area contributed by atoms with Gasteiger partial charge in [0.2, 0.25) is 0 Å². The first kappa shape index (κ1) is 9.98. The van der Waals surface area contributed by atoms with Gasteiger partial charge in [-0.25, -0.2) is 4.79 Å². The molecule has 1 atom stereocenters. The molecule has 1 aromatic rings. The van der Waals surface area contributed by atoms with Gasteiger partial charge in [-0.05, 0) is 12.5 Å². The summed E-state index contributed by atoms with van der Waals surface area (Å²) < 4.78 is 10.5. The van der Waals surface area contributed by atoms with Crippen LogP contribution in [0.15, 0.2) is 24.3 Å². The van der Waals surface area contributed by atoms with Crippen LogP contribution in [0.5, 0.6) is 5.75 Å². The molecule has 1 aliphatic rings. The zero-order chi connectivity index (χ0) is 10.7. The molecule has 1 N–H and O–H groups in total. The Labute approximate surface area is 88.2 Å². The highest BCUT2D eigenvalue weighted by molar-refractivity contribution is 5.73. The molecule has 2 rings (SSSR count). The summed E-state index contributed by atoms with van der Waals surface area (Å²) >= 11 is 0. The second kappa shape index (κ2) is 4.31. The van der Waals surface area contributed by atoms with Gasteiger partial charge in [-0.15, -0.1) is 0 Å². The van der Waals surface area contributed by atoms with Crippen molar-refractivity contribution in [3.63, 3.8) is 0 Å². The van der Waals surface area contributed by atoms with E-state index in [1.807, 2.05) is 25.1 Å². The number of carbonyl (C=O) groups is 1. The third kappa shape index (κ3) is 2.10. The second-order valence-corrected chi connectivity index (χ2v) is 3.32. The van der Waals surface area contributed by atoms with E-state index in [9.17, 15) is 4.79 Å². The fraction of sp³-hybridized carbons (Fsp3) is 0.364. The summed E-state index contributed by atoms with van der Waals surface area (Å²) in [4.78, 5) is 11.2. The normalized spacial score (nSPS) is 19.0. The van der Waals surface area contributed by atoms with E-state index >= 15 is 0 Å². The van der Waals surface area contributed by atoms with Gasteiger partial charge in [0.25, 0.3) is 0 Å². The number of ether oxygens (including phenoxy) is 2. The number of para-hydroxylation sites is 1. The predicted octanol–water partition coefficient (Wildman–Crippen LogP) is 2.21. The van der Waals surface area contributed by atoms with E-state index in [1.165, 1.54) is 0 Å². The molecule has 1 amide bonds. The zero-order valence-corrected chi connectivity index (χ0v) is 8.53. The molecule has 0 radical (unpaired) electrons. The highest BCUT2D eigenvalue weighted by Gasteiger charge is 2.25. The average molecular weight is 207 g/mol. The monoisotopic (exact) mass is 207 g/mol. The van der Waals surface area contributed by atoms with Gasteiger partial charge in [0, 0.05) is 12.2 Å². The summed E-state index contributed by atoms with van der Waals surface area (Å²) in [6.07, 6.45) is 0.0623. The van der Waals surface area contributed by atoms with Gasteiger partial charge in [-0.1, -0.05) is 25.1 Å². The van der Waals surface area contributed by atoms with Crippen molar-refractivity contribution in [3.05, 3.63) is 29.8 Å². The van der Waals surface area contributed by atoms with Crippen LogP contribution in [0.2, 0.25) is 0 Å². The molecule has 0 aliphatic carbocycles. The Bertz CT molecular complexity index is 365. The van der Waals surface area contributed by atoms with Gasteiger partial charge in [0.05, 0.1) is 0 Å². The summed E-state index contributed by atoms with van der Waals surface area (Å²) in [5, 5.41) is 2.62. The molecule has 15 heavy (non-hydrogen) atoms. The molecule has 0 fully saturated rings. The van der Waals surface area contributed by atoms with Gasteiger partial charge < -0.3 is 9.47 Å². The number of fused-ring (bicyclic) bond motifs is 1. The maximum atomic E-state index is 11.2. The molecule has 1 aromatic carbocycles. The summed E-state index contributed by atoms with van der Waals surface area (Å²) in [5.41, 5.74) is 0.866. The molecule has 1 heterocycles. The van der Waals surface area contributed by atoms with E-state index in [0.29, 0.717) is 12.4 Å². The minimum atomic E-state index is -0.463. The van der Waals surface area contributed by atoms with Gasteiger partial charge >= 0.3 is 6.09 Å². The van der Waals surface area contributed by atoms with E-state index < -0.39 is 6.09 Å². The van der Waals surface area contributed by atoms with E-state index in [-0.39, 0.29) is 6.23 Å². The van der Waals surface area contributed by atoms with Crippen LogP contribution < -0.4 is 10.1 Å². The summed E-state index contributed by atoms with van der Waals surface area (Å²) in [7, 11) is 0. The summed E-state index contributed by atoms with van der Waals surface area (Å²) in [5.74, 6) is 0.572. The molecular weight excluding hydrogens is 194 g/mol. The maximum absolute atomic E-state index is 11.2. The zero-order valence-electron chi connectivity index (χ0n) is 8.53. The Morgan fingerprint density at radius 2 is 2.27 bits per heavy atom. The Balaban J connectivity index is 2.22. The minimum absolute atomic E-state index is 0.387. The van der Waals surface area contributed by atoms with E-state index in [4.69, 9.17) is 9.47 Å². The largest absolute Gasteiger partial charge is 0.414 e. The first-order valence-corrected chi connectivity index (χ1v) is 5.00. The van der Waals surface area contributed by atoms with E-state index in [0.717, 1.165) is 12.0 Å². The van der Waals surface area contributed by atoms with Crippen molar-refractivity contribution in [1.82, 2.24) is 5.32 Å². The van der Waals surface area contributed by atoms with Crippen LogP contribution in [0.3, 0.4) is 0 Å². The Hall–Kier alpha value is -1.55. The molecule has 4 heteroatoms. The summed E-state index contributed by atoms with van der Waals surface area (Å²) in [6.45, 7) is 2.63. The number of hydrogen-bond acceptors (Lipinski definition) is 3. The van der Waals surface area contributed by atoms with Crippen LogP contribution in [0.1, 0.15) is 25.1 Å². The van der Waals surface area contributed by atoms with Gasteiger partial charge in [-0.2, -0.15) is 0 Å². The number of amides is 1. The lowest BCUT2D eigenvalue weighted by Gasteiger charge is -2.25. The smallest absolute Gasteiger partial charge is 0.410 e. The topological polar surface area (TPSA) is 47.6 Å². The SMILES string of the molecule is CCCO[C@H]1NC(=O)Oc2ccccc21. The minimum Gasteiger partial charge on any atom is -0.410 e. The molecule has 1 aliphatic heterocycles. The summed E-state index contributed by atoms with van der Waals surface area (Å²) in [6, 6.07) is 7.36. The van der Waals surface area contributed by atoms with E-state index in [2.05, 4.69) is 5.32 Å². The number of rotatable bonds is 3. The van der Waals surface area contributed by atoms with Crippen molar-refractivity contribution in [2.24, 2.45) is 0 Å². The van der Waals surface area contributed by atoms with Crippen LogP contribution in [-0.2, 0) is 4.74 Å². The molecule has 0 bridgehead atoms.